The molecule has 144 valence electrons. The van der Waals surface area contributed by atoms with E-state index < -0.39 is 11.7 Å². The minimum Gasteiger partial charge on any atom is -0.335 e. The lowest BCUT2D eigenvalue weighted by Gasteiger charge is -2.32. The van der Waals surface area contributed by atoms with E-state index in [-0.39, 0.29) is 23.1 Å². The Labute approximate surface area is 161 Å². The van der Waals surface area contributed by atoms with Crippen LogP contribution in [-0.4, -0.2) is 64.2 Å². The molecular formula is C20H20FN5O2. The van der Waals surface area contributed by atoms with Gasteiger partial charge in [0.2, 0.25) is 5.82 Å². The van der Waals surface area contributed by atoms with E-state index in [1.54, 1.807) is 45.8 Å². The highest BCUT2D eigenvalue weighted by molar-refractivity contribution is 6.06. The van der Waals surface area contributed by atoms with Crippen molar-refractivity contribution in [1.29, 1.82) is 0 Å². The van der Waals surface area contributed by atoms with Gasteiger partial charge in [-0.05, 0) is 31.3 Å². The first-order chi connectivity index (χ1) is 13.5. The summed E-state index contributed by atoms with van der Waals surface area (Å²) in [5.74, 6) is -1.28. The molecule has 0 spiro atoms. The molecule has 3 heterocycles. The predicted molar refractivity (Wildman–Crippen MR) is 103 cm³/mol. The van der Waals surface area contributed by atoms with Crippen molar-refractivity contribution in [3.63, 3.8) is 0 Å². The van der Waals surface area contributed by atoms with E-state index in [4.69, 9.17) is 0 Å². The van der Waals surface area contributed by atoms with Crippen molar-refractivity contribution in [2.45, 2.75) is 0 Å². The van der Waals surface area contributed by atoms with Crippen molar-refractivity contribution in [1.82, 2.24) is 19.2 Å². The summed E-state index contributed by atoms with van der Waals surface area (Å²) in [6.07, 6.45) is 1.67. The number of piperazine rings is 1. The number of hydrogen-bond acceptors (Lipinski definition) is 4. The molecule has 1 aliphatic rings. The summed E-state index contributed by atoms with van der Waals surface area (Å²) >= 11 is 0. The van der Waals surface area contributed by atoms with E-state index in [1.807, 2.05) is 7.05 Å². The van der Waals surface area contributed by atoms with E-state index in [1.165, 1.54) is 12.1 Å². The number of carbonyl (C=O) groups is 2. The fraction of sp³-hybridized carbons (Fsp3) is 0.250. The molecule has 4 rings (SSSR count). The number of amides is 2. The van der Waals surface area contributed by atoms with Gasteiger partial charge in [0.05, 0.1) is 11.2 Å². The smallest absolute Gasteiger partial charge is 0.292 e. The average molecular weight is 381 g/mol. The van der Waals surface area contributed by atoms with Gasteiger partial charge in [0.25, 0.3) is 11.8 Å². The first-order valence-electron chi connectivity index (χ1n) is 9.05. The largest absolute Gasteiger partial charge is 0.335 e. The molecule has 3 aromatic rings. The lowest BCUT2D eigenvalue weighted by molar-refractivity contribution is 0.0661. The van der Waals surface area contributed by atoms with Crippen LogP contribution in [0, 0.1) is 5.82 Å². The van der Waals surface area contributed by atoms with Crippen LogP contribution in [0.1, 0.15) is 21.1 Å². The van der Waals surface area contributed by atoms with Crippen LogP contribution in [0.2, 0.25) is 0 Å². The number of benzene rings is 1. The lowest BCUT2D eigenvalue weighted by atomic mass is 10.2. The van der Waals surface area contributed by atoms with Gasteiger partial charge < -0.3 is 15.1 Å². The van der Waals surface area contributed by atoms with Crippen LogP contribution >= 0.6 is 0 Å². The fourth-order valence-electron chi connectivity index (χ4n) is 3.26. The lowest BCUT2D eigenvalue weighted by Crippen LogP contribution is -2.47. The SMILES string of the molecule is CN1CCN(C(=O)c2nc(C(=O)Nc3ccccc3F)n3ccccc23)CC1. The third-order valence-corrected chi connectivity index (χ3v) is 4.87. The van der Waals surface area contributed by atoms with Crippen molar-refractivity contribution in [3.05, 3.63) is 66.0 Å². The van der Waals surface area contributed by atoms with Gasteiger partial charge in [0.1, 0.15) is 5.82 Å². The highest BCUT2D eigenvalue weighted by atomic mass is 19.1. The third kappa shape index (κ3) is 3.34. The van der Waals surface area contributed by atoms with Gasteiger partial charge >= 0.3 is 0 Å². The summed E-state index contributed by atoms with van der Waals surface area (Å²) in [5.41, 5.74) is 0.834. The molecule has 8 heteroatoms. The molecule has 0 saturated carbocycles. The molecule has 2 aromatic heterocycles. The maximum Gasteiger partial charge on any atom is 0.292 e. The summed E-state index contributed by atoms with van der Waals surface area (Å²) in [7, 11) is 2.01. The molecule has 1 aliphatic heterocycles. The van der Waals surface area contributed by atoms with Crippen LogP contribution in [0.4, 0.5) is 10.1 Å². The van der Waals surface area contributed by atoms with Crippen LogP contribution in [-0.2, 0) is 0 Å². The number of anilines is 1. The molecule has 28 heavy (non-hydrogen) atoms. The maximum atomic E-state index is 13.9. The zero-order chi connectivity index (χ0) is 19.7. The normalized spacial score (nSPS) is 15.0. The number of para-hydroxylation sites is 1. The van der Waals surface area contributed by atoms with Crippen molar-refractivity contribution < 1.29 is 14.0 Å². The topological polar surface area (TPSA) is 69.9 Å². The molecule has 1 fully saturated rings. The Bertz CT molecular complexity index is 1040. The van der Waals surface area contributed by atoms with Gasteiger partial charge in [-0.3, -0.25) is 14.0 Å². The Kier molecular flexibility index (Phi) is 4.79. The van der Waals surface area contributed by atoms with Gasteiger partial charge in [0.15, 0.2) is 5.69 Å². The molecule has 0 atom stereocenters. The van der Waals surface area contributed by atoms with Gasteiger partial charge in [-0.25, -0.2) is 9.37 Å². The number of hydrogen-bond donors (Lipinski definition) is 1. The van der Waals surface area contributed by atoms with E-state index >= 15 is 0 Å². The van der Waals surface area contributed by atoms with E-state index in [2.05, 4.69) is 15.2 Å². The van der Waals surface area contributed by atoms with E-state index in [0.717, 1.165) is 13.1 Å². The number of imidazole rings is 1. The number of halogens is 1. The van der Waals surface area contributed by atoms with Crippen molar-refractivity contribution >= 4 is 23.0 Å². The number of carbonyl (C=O) groups excluding carboxylic acids is 2. The Morgan fingerprint density at radius 3 is 2.50 bits per heavy atom. The first kappa shape index (κ1) is 18.1. The summed E-state index contributed by atoms with van der Waals surface area (Å²) in [6, 6.07) is 11.2. The Morgan fingerprint density at radius 1 is 1.04 bits per heavy atom. The summed E-state index contributed by atoms with van der Waals surface area (Å²) in [5, 5.41) is 2.53. The minimum atomic E-state index is -0.580. The number of nitrogens with zero attached hydrogens (tertiary/aromatic N) is 4. The Morgan fingerprint density at radius 2 is 1.75 bits per heavy atom. The standard InChI is InChI=1S/C20H20FN5O2/c1-24-10-12-25(13-11-24)20(28)17-16-8-4-5-9-26(16)18(23-17)19(27)22-15-7-3-2-6-14(15)21/h2-9H,10-13H2,1H3,(H,22,27). The van der Waals surface area contributed by atoms with Gasteiger partial charge in [-0.2, -0.15) is 0 Å². The third-order valence-electron chi connectivity index (χ3n) is 4.87. The molecule has 2 amide bonds. The van der Waals surface area contributed by atoms with E-state index in [9.17, 15) is 14.0 Å². The number of nitrogens with one attached hydrogen (secondary N) is 1. The molecule has 0 radical (unpaired) electrons. The number of rotatable bonds is 3. The van der Waals surface area contributed by atoms with Gasteiger partial charge in [-0.15, -0.1) is 0 Å². The second-order valence-corrected chi connectivity index (χ2v) is 6.77. The highest BCUT2D eigenvalue weighted by Crippen LogP contribution is 2.19. The summed E-state index contributed by atoms with van der Waals surface area (Å²) in [4.78, 5) is 34.0. The molecule has 0 bridgehead atoms. The van der Waals surface area contributed by atoms with Crippen LogP contribution in [0.25, 0.3) is 5.52 Å². The molecule has 0 aliphatic carbocycles. The van der Waals surface area contributed by atoms with Gasteiger partial charge in [-0.1, -0.05) is 18.2 Å². The van der Waals surface area contributed by atoms with Gasteiger partial charge in [0, 0.05) is 32.4 Å². The molecule has 7 nitrogen and oxygen atoms in total. The molecule has 1 saturated heterocycles. The maximum absolute atomic E-state index is 13.9. The highest BCUT2D eigenvalue weighted by Gasteiger charge is 2.27. The number of likely N-dealkylation sites (N-methyl/N-ethyl adjacent to an activating group) is 1. The summed E-state index contributed by atoms with van der Waals surface area (Å²) < 4.78 is 15.4. The Balaban J connectivity index is 1.67. The van der Waals surface area contributed by atoms with Crippen LogP contribution in [0.15, 0.2) is 48.7 Å². The Hall–Kier alpha value is -3.26. The second kappa shape index (κ2) is 7.40. The zero-order valence-corrected chi connectivity index (χ0v) is 15.4. The number of fused-ring (bicyclic) bond motifs is 1. The average Bonchev–Trinajstić information content (AvgIpc) is 3.10. The molecule has 0 unspecified atom stereocenters. The number of pyridine rings is 1. The predicted octanol–water partition coefficient (Wildman–Crippen LogP) is 2.11. The van der Waals surface area contributed by atoms with Crippen molar-refractivity contribution in [2.24, 2.45) is 0 Å². The van der Waals surface area contributed by atoms with Crippen LogP contribution in [0.3, 0.4) is 0 Å². The number of aromatic nitrogens is 2. The summed E-state index contributed by atoms with van der Waals surface area (Å²) in [6.45, 7) is 2.80. The van der Waals surface area contributed by atoms with E-state index in [0.29, 0.717) is 18.6 Å². The first-order valence-corrected chi connectivity index (χ1v) is 9.05. The molecule has 1 N–H and O–H groups in total. The fourth-order valence-corrected chi connectivity index (χ4v) is 3.26. The van der Waals surface area contributed by atoms with Crippen molar-refractivity contribution in [3.8, 4) is 0 Å². The second-order valence-electron chi connectivity index (χ2n) is 6.77. The minimum absolute atomic E-state index is 0.0383. The molecular weight excluding hydrogens is 361 g/mol. The monoisotopic (exact) mass is 381 g/mol. The van der Waals surface area contributed by atoms with Crippen LogP contribution in [0.5, 0.6) is 0 Å². The van der Waals surface area contributed by atoms with Crippen LogP contribution < -0.4 is 5.32 Å². The van der Waals surface area contributed by atoms with Crippen molar-refractivity contribution in [2.75, 3.05) is 38.5 Å². The quantitative estimate of drug-likeness (QED) is 0.755. The molecule has 1 aromatic carbocycles. The zero-order valence-electron chi connectivity index (χ0n) is 15.4.